The molecule has 0 bridgehead atoms. The van der Waals surface area contributed by atoms with Gasteiger partial charge in [0.15, 0.2) is 0 Å². The fourth-order valence-electron chi connectivity index (χ4n) is 4.69. The number of nitrogens with zero attached hydrogens (tertiary/aromatic N) is 2. The van der Waals surface area contributed by atoms with Crippen LogP contribution in [0.2, 0.25) is 0 Å². The molecule has 22 heavy (non-hydrogen) atoms. The normalized spacial score (nSPS) is 29.6. The molecule has 2 heterocycles. The third-order valence-electron chi connectivity index (χ3n) is 5.72. The second-order valence-electron chi connectivity index (χ2n) is 7.01. The van der Waals surface area contributed by atoms with E-state index in [0.29, 0.717) is 11.5 Å². The van der Waals surface area contributed by atoms with Crippen molar-refractivity contribution in [2.45, 2.75) is 44.8 Å². The quantitative estimate of drug-likeness (QED) is 0.945. The van der Waals surface area contributed by atoms with E-state index in [1.54, 1.807) is 0 Å². The SMILES string of the molecule is CO[C@@H]1CCC[C@]12CCCN(Cc1[nH]nc3ccccc13)C2. The van der Waals surface area contributed by atoms with E-state index in [2.05, 4.69) is 33.3 Å². The van der Waals surface area contributed by atoms with Gasteiger partial charge in [-0.25, -0.2) is 0 Å². The molecule has 1 saturated carbocycles. The lowest BCUT2D eigenvalue weighted by molar-refractivity contribution is -0.0367. The monoisotopic (exact) mass is 299 g/mol. The van der Waals surface area contributed by atoms with Gasteiger partial charge >= 0.3 is 0 Å². The molecule has 4 heteroatoms. The zero-order valence-corrected chi connectivity index (χ0v) is 13.3. The zero-order valence-electron chi connectivity index (χ0n) is 13.3. The summed E-state index contributed by atoms with van der Waals surface area (Å²) in [6.07, 6.45) is 6.94. The number of H-pyrrole nitrogens is 1. The van der Waals surface area contributed by atoms with Crippen LogP contribution in [0.15, 0.2) is 24.3 Å². The summed E-state index contributed by atoms with van der Waals surface area (Å²) < 4.78 is 5.81. The average molecular weight is 299 g/mol. The largest absolute Gasteiger partial charge is 0.381 e. The summed E-state index contributed by atoms with van der Waals surface area (Å²) in [6, 6.07) is 8.38. The molecule has 1 N–H and O–H groups in total. The van der Waals surface area contributed by atoms with Crippen molar-refractivity contribution < 1.29 is 4.74 Å². The van der Waals surface area contributed by atoms with Crippen LogP contribution in [0.5, 0.6) is 0 Å². The third-order valence-corrected chi connectivity index (χ3v) is 5.72. The van der Waals surface area contributed by atoms with Crippen LogP contribution in [0.1, 0.15) is 37.8 Å². The van der Waals surface area contributed by atoms with E-state index in [4.69, 9.17) is 4.74 Å². The highest BCUT2D eigenvalue weighted by Crippen LogP contribution is 2.46. The number of nitrogens with one attached hydrogen (secondary N) is 1. The number of fused-ring (bicyclic) bond motifs is 1. The molecule has 118 valence electrons. The van der Waals surface area contributed by atoms with E-state index in [9.17, 15) is 0 Å². The van der Waals surface area contributed by atoms with Crippen molar-refractivity contribution in [1.29, 1.82) is 0 Å². The number of hydrogen-bond donors (Lipinski definition) is 1. The Kier molecular flexibility index (Phi) is 3.66. The first kappa shape index (κ1) is 14.2. The van der Waals surface area contributed by atoms with E-state index in [1.165, 1.54) is 56.3 Å². The van der Waals surface area contributed by atoms with Gasteiger partial charge in [0.1, 0.15) is 0 Å². The predicted molar refractivity (Wildman–Crippen MR) is 87.7 cm³/mol. The van der Waals surface area contributed by atoms with Crippen LogP contribution in [0.25, 0.3) is 10.9 Å². The van der Waals surface area contributed by atoms with Gasteiger partial charge in [-0.15, -0.1) is 0 Å². The standard InChI is InChI=1S/C18H25N3O/c1-22-17-8-4-9-18(17)10-5-11-21(13-18)12-16-14-6-2-3-7-15(14)19-20-16/h2-3,6-7,17H,4-5,8-13H2,1H3,(H,19,20)/t17-,18-/m1/s1. The highest BCUT2D eigenvalue weighted by molar-refractivity contribution is 5.81. The molecule has 2 fully saturated rings. The molecule has 4 rings (SSSR count). The number of rotatable bonds is 3. The molecule has 0 unspecified atom stereocenters. The molecule has 4 nitrogen and oxygen atoms in total. The highest BCUT2D eigenvalue weighted by atomic mass is 16.5. The van der Waals surface area contributed by atoms with Gasteiger partial charge in [0.2, 0.25) is 0 Å². The second-order valence-corrected chi connectivity index (χ2v) is 7.01. The van der Waals surface area contributed by atoms with Crippen molar-refractivity contribution in [3.63, 3.8) is 0 Å². The van der Waals surface area contributed by atoms with Crippen molar-refractivity contribution in [2.24, 2.45) is 5.41 Å². The Labute approximate surface area is 131 Å². The fraction of sp³-hybridized carbons (Fsp3) is 0.611. The number of methoxy groups -OCH3 is 1. The average Bonchev–Trinajstić information content (AvgIpc) is 3.12. The number of hydrogen-bond acceptors (Lipinski definition) is 3. The summed E-state index contributed by atoms with van der Waals surface area (Å²) in [5.41, 5.74) is 2.71. The molecule has 0 amide bonds. The lowest BCUT2D eigenvalue weighted by Crippen LogP contribution is -2.47. The number of piperidine rings is 1. The van der Waals surface area contributed by atoms with Crippen molar-refractivity contribution in [3.8, 4) is 0 Å². The highest BCUT2D eigenvalue weighted by Gasteiger charge is 2.45. The summed E-state index contributed by atoms with van der Waals surface area (Å²) in [5.74, 6) is 0. The number of benzene rings is 1. The Hall–Kier alpha value is -1.39. The second kappa shape index (κ2) is 5.67. The van der Waals surface area contributed by atoms with Crippen LogP contribution in [-0.4, -0.2) is 41.4 Å². The molecule has 1 saturated heterocycles. The molecular formula is C18H25N3O. The third kappa shape index (κ3) is 2.34. The topological polar surface area (TPSA) is 41.1 Å². The van der Waals surface area contributed by atoms with Crippen molar-refractivity contribution >= 4 is 10.9 Å². The van der Waals surface area contributed by atoms with Crippen LogP contribution in [0, 0.1) is 5.41 Å². The van der Waals surface area contributed by atoms with Gasteiger partial charge in [-0.05, 0) is 38.3 Å². The Morgan fingerprint density at radius 1 is 1.32 bits per heavy atom. The molecule has 2 aliphatic rings. The fourth-order valence-corrected chi connectivity index (χ4v) is 4.69. The minimum Gasteiger partial charge on any atom is -0.381 e. The Bertz CT molecular complexity index is 653. The molecule has 1 aromatic carbocycles. The molecule has 2 atom stereocenters. The maximum Gasteiger partial charge on any atom is 0.0924 e. The van der Waals surface area contributed by atoms with Crippen molar-refractivity contribution in [1.82, 2.24) is 15.1 Å². The summed E-state index contributed by atoms with van der Waals surface area (Å²) >= 11 is 0. The summed E-state index contributed by atoms with van der Waals surface area (Å²) in [4.78, 5) is 2.60. The van der Waals surface area contributed by atoms with Gasteiger partial charge in [0, 0.05) is 31.0 Å². The molecule has 1 aliphatic carbocycles. The van der Waals surface area contributed by atoms with Gasteiger partial charge in [-0.3, -0.25) is 10.00 Å². The van der Waals surface area contributed by atoms with Gasteiger partial charge in [0.05, 0.1) is 17.3 Å². The summed E-state index contributed by atoms with van der Waals surface area (Å²) in [7, 11) is 1.89. The van der Waals surface area contributed by atoms with Gasteiger partial charge in [-0.1, -0.05) is 24.6 Å². The van der Waals surface area contributed by atoms with E-state index in [-0.39, 0.29) is 0 Å². The first-order valence-electron chi connectivity index (χ1n) is 8.48. The van der Waals surface area contributed by atoms with Crippen LogP contribution in [0.3, 0.4) is 0 Å². The Morgan fingerprint density at radius 2 is 2.18 bits per heavy atom. The minimum absolute atomic E-state index is 0.392. The van der Waals surface area contributed by atoms with Gasteiger partial charge < -0.3 is 4.74 Å². The van der Waals surface area contributed by atoms with Gasteiger partial charge in [-0.2, -0.15) is 5.10 Å². The van der Waals surface area contributed by atoms with E-state index in [0.717, 1.165) is 12.1 Å². The molecular weight excluding hydrogens is 274 g/mol. The van der Waals surface area contributed by atoms with E-state index >= 15 is 0 Å². The molecule has 2 aromatic rings. The molecule has 1 aromatic heterocycles. The van der Waals surface area contributed by atoms with Crippen LogP contribution >= 0.6 is 0 Å². The number of aromatic amines is 1. The molecule has 1 aliphatic heterocycles. The predicted octanol–water partition coefficient (Wildman–Crippen LogP) is 3.34. The molecule has 1 spiro atoms. The first-order chi connectivity index (χ1) is 10.8. The summed E-state index contributed by atoms with van der Waals surface area (Å²) in [5, 5.41) is 8.93. The number of para-hydroxylation sites is 1. The number of aromatic nitrogens is 2. The van der Waals surface area contributed by atoms with Crippen LogP contribution in [0.4, 0.5) is 0 Å². The zero-order chi connectivity index (χ0) is 15.0. The number of ether oxygens (including phenoxy) is 1. The minimum atomic E-state index is 0.392. The maximum atomic E-state index is 5.81. The summed E-state index contributed by atoms with van der Waals surface area (Å²) in [6.45, 7) is 3.32. The molecule has 0 radical (unpaired) electrons. The van der Waals surface area contributed by atoms with E-state index in [1.807, 2.05) is 13.2 Å². The lowest BCUT2D eigenvalue weighted by atomic mass is 9.76. The number of likely N-dealkylation sites (tertiary alicyclic amines) is 1. The lowest BCUT2D eigenvalue weighted by Gasteiger charge is -2.43. The van der Waals surface area contributed by atoms with Crippen LogP contribution in [-0.2, 0) is 11.3 Å². The Balaban J connectivity index is 1.53. The van der Waals surface area contributed by atoms with Crippen molar-refractivity contribution in [2.75, 3.05) is 20.2 Å². The van der Waals surface area contributed by atoms with Crippen LogP contribution < -0.4 is 0 Å². The Morgan fingerprint density at radius 3 is 3.09 bits per heavy atom. The van der Waals surface area contributed by atoms with Gasteiger partial charge in [0.25, 0.3) is 0 Å². The maximum absolute atomic E-state index is 5.81. The van der Waals surface area contributed by atoms with E-state index < -0.39 is 0 Å². The first-order valence-corrected chi connectivity index (χ1v) is 8.48. The smallest absolute Gasteiger partial charge is 0.0924 e. The van der Waals surface area contributed by atoms with Crippen molar-refractivity contribution in [3.05, 3.63) is 30.0 Å².